The minimum Gasteiger partial charge on any atom is -0.494 e. The van der Waals surface area contributed by atoms with Crippen molar-refractivity contribution in [1.29, 1.82) is 0 Å². The lowest BCUT2D eigenvalue weighted by Crippen LogP contribution is -2.27. The number of ether oxygens (including phenoxy) is 2. The minimum atomic E-state index is -3.47. The summed E-state index contributed by atoms with van der Waals surface area (Å²) in [5.41, 5.74) is 1.79. The Labute approximate surface area is 163 Å². The summed E-state index contributed by atoms with van der Waals surface area (Å²) in [5.74, 6) is -1.83. The van der Waals surface area contributed by atoms with E-state index in [-0.39, 0.29) is 11.2 Å². The lowest BCUT2D eigenvalue weighted by Gasteiger charge is -2.26. The van der Waals surface area contributed by atoms with E-state index < -0.39 is 19.2 Å². The monoisotopic (exact) mass is 400 g/mol. The lowest BCUT2D eigenvalue weighted by molar-refractivity contribution is -0.0584. The fraction of sp³-hybridized carbons (Fsp3) is 0.429. The van der Waals surface area contributed by atoms with Crippen LogP contribution in [0.1, 0.15) is 31.4 Å². The van der Waals surface area contributed by atoms with Gasteiger partial charge in [-0.1, -0.05) is 38.1 Å². The van der Waals surface area contributed by atoms with Crippen LogP contribution in [0, 0.1) is 0 Å². The Balaban J connectivity index is 2.05. The molecule has 0 saturated carbocycles. The van der Waals surface area contributed by atoms with Crippen molar-refractivity contribution < 1.29 is 22.6 Å². The smallest absolute Gasteiger partial charge is 0.309 e. The largest absolute Gasteiger partial charge is 0.494 e. The van der Waals surface area contributed by atoms with Crippen molar-refractivity contribution in [3.8, 4) is 11.5 Å². The van der Waals surface area contributed by atoms with Crippen LogP contribution in [0.15, 0.2) is 48.5 Å². The normalized spacial score (nSPS) is 12.1. The van der Waals surface area contributed by atoms with E-state index in [2.05, 4.69) is 13.8 Å². The second-order valence-electron chi connectivity index (χ2n) is 6.84. The molecule has 0 aromatic heterocycles. The number of hydrogen-bond donors (Lipinski definition) is 0. The molecule has 0 saturated heterocycles. The highest BCUT2D eigenvalue weighted by Gasteiger charge is 2.30. The van der Waals surface area contributed by atoms with Gasteiger partial charge in [0.15, 0.2) is 13.3 Å². The molecule has 0 N–H and O–H groups in total. The van der Waals surface area contributed by atoms with E-state index >= 15 is 0 Å². The van der Waals surface area contributed by atoms with Gasteiger partial charge in [-0.05, 0) is 41.8 Å². The summed E-state index contributed by atoms with van der Waals surface area (Å²) in [6, 6.07) is 14.7. The third-order valence-electron chi connectivity index (χ3n) is 4.34. The van der Waals surface area contributed by atoms with Crippen molar-refractivity contribution in [3.05, 3.63) is 59.7 Å². The van der Waals surface area contributed by atoms with Crippen molar-refractivity contribution >= 4 is 11.6 Å². The number of hydrogen-bond acceptors (Lipinski definition) is 2. The Morgan fingerprint density at radius 1 is 0.852 bits per heavy atom. The van der Waals surface area contributed by atoms with E-state index in [1.165, 1.54) is 0 Å². The summed E-state index contributed by atoms with van der Waals surface area (Å²) in [6.07, 6.45) is 0.792. The summed E-state index contributed by atoms with van der Waals surface area (Å²) >= 11 is 5.64. The van der Waals surface area contributed by atoms with Crippen molar-refractivity contribution in [2.75, 3.05) is 25.8 Å². The number of rotatable bonds is 10. The molecule has 148 valence electrons. The van der Waals surface area contributed by atoms with Crippen LogP contribution in [0.3, 0.4) is 0 Å². The third kappa shape index (κ3) is 6.06. The van der Waals surface area contributed by atoms with E-state index in [9.17, 15) is 13.2 Å². The van der Waals surface area contributed by atoms with E-state index in [1.807, 2.05) is 36.4 Å². The third-order valence-corrected chi connectivity index (χ3v) is 4.61. The molecule has 0 spiro atoms. The lowest BCUT2D eigenvalue weighted by atomic mass is 9.78. The molecule has 0 heterocycles. The van der Waals surface area contributed by atoms with Crippen molar-refractivity contribution in [3.63, 3.8) is 0 Å². The van der Waals surface area contributed by atoms with E-state index in [0.29, 0.717) is 12.5 Å². The molecule has 2 aromatic rings. The van der Waals surface area contributed by atoms with Gasteiger partial charge in [-0.3, -0.25) is 0 Å². The fourth-order valence-electron chi connectivity index (χ4n) is 2.57. The van der Waals surface area contributed by atoms with Gasteiger partial charge in [0.2, 0.25) is 0 Å². The molecule has 0 radical (unpaired) electrons. The zero-order chi connectivity index (χ0) is 19.9. The van der Waals surface area contributed by atoms with Crippen molar-refractivity contribution in [2.24, 2.45) is 0 Å². The number of benzene rings is 2. The van der Waals surface area contributed by atoms with Crippen LogP contribution in [0.2, 0.25) is 0 Å². The molecule has 2 nitrogen and oxygen atoms in total. The second-order valence-corrected chi connectivity index (χ2v) is 7.22. The van der Waals surface area contributed by atoms with Crippen molar-refractivity contribution in [1.82, 2.24) is 0 Å². The first-order chi connectivity index (χ1) is 12.8. The van der Waals surface area contributed by atoms with Gasteiger partial charge >= 0.3 is 5.92 Å². The highest BCUT2D eigenvalue weighted by molar-refractivity contribution is 6.17. The second kappa shape index (κ2) is 9.36. The minimum absolute atomic E-state index is 0.283. The molecule has 0 amide bonds. The molecule has 0 fully saturated rings. The maximum absolute atomic E-state index is 12.9. The Kier molecular flexibility index (Phi) is 7.42. The van der Waals surface area contributed by atoms with Crippen LogP contribution in [0.5, 0.6) is 11.5 Å². The SMILES string of the molecule is CC(C)(c1ccc(OCCCCl)cc1)c1ccc(OCC(F)(F)CF)cc1. The van der Waals surface area contributed by atoms with Crippen LogP contribution in [0.25, 0.3) is 0 Å². The molecule has 0 aliphatic heterocycles. The molecule has 6 heteroatoms. The molecule has 2 aromatic carbocycles. The van der Waals surface area contributed by atoms with Crippen LogP contribution >= 0.6 is 11.6 Å². The zero-order valence-electron chi connectivity index (χ0n) is 15.5. The predicted molar refractivity (Wildman–Crippen MR) is 102 cm³/mol. The van der Waals surface area contributed by atoms with E-state index in [1.54, 1.807) is 12.1 Å². The van der Waals surface area contributed by atoms with Gasteiger partial charge in [0.1, 0.15) is 11.5 Å². The molecule has 2 rings (SSSR count). The summed E-state index contributed by atoms with van der Waals surface area (Å²) in [5, 5.41) is 0. The maximum Gasteiger partial charge on any atom is 0.309 e. The van der Waals surface area contributed by atoms with Crippen molar-refractivity contribution in [2.45, 2.75) is 31.6 Å². The number of alkyl halides is 4. The van der Waals surface area contributed by atoms with Gasteiger partial charge in [-0.2, -0.15) is 8.78 Å². The van der Waals surface area contributed by atoms with Gasteiger partial charge < -0.3 is 9.47 Å². The molecule has 0 unspecified atom stereocenters. The fourth-order valence-corrected chi connectivity index (χ4v) is 2.68. The molecular weight excluding hydrogens is 377 g/mol. The molecule has 0 bridgehead atoms. The molecule has 0 aliphatic carbocycles. The first-order valence-corrected chi connectivity index (χ1v) is 9.28. The van der Waals surface area contributed by atoms with Crippen LogP contribution in [0.4, 0.5) is 13.2 Å². The predicted octanol–water partition coefficient (Wildman–Crippen LogP) is 6.00. The van der Waals surface area contributed by atoms with Gasteiger partial charge in [-0.15, -0.1) is 11.6 Å². The van der Waals surface area contributed by atoms with Gasteiger partial charge in [0.05, 0.1) is 6.61 Å². The van der Waals surface area contributed by atoms with Gasteiger partial charge in [0, 0.05) is 11.3 Å². The quantitative estimate of drug-likeness (QED) is 0.359. The first kappa shape index (κ1) is 21.4. The summed E-state index contributed by atoms with van der Waals surface area (Å²) in [7, 11) is 0. The van der Waals surface area contributed by atoms with E-state index in [4.69, 9.17) is 21.1 Å². The Bertz CT molecular complexity index is 700. The molecule has 0 atom stereocenters. The highest BCUT2D eigenvalue weighted by Crippen LogP contribution is 2.33. The van der Waals surface area contributed by atoms with Gasteiger partial charge in [-0.25, -0.2) is 4.39 Å². The number of halogens is 4. The van der Waals surface area contributed by atoms with Crippen LogP contribution in [-0.4, -0.2) is 31.7 Å². The van der Waals surface area contributed by atoms with Gasteiger partial charge in [0.25, 0.3) is 0 Å². The Hall–Kier alpha value is -1.88. The highest BCUT2D eigenvalue weighted by atomic mass is 35.5. The maximum atomic E-state index is 12.9. The topological polar surface area (TPSA) is 18.5 Å². The zero-order valence-corrected chi connectivity index (χ0v) is 16.2. The standard InChI is InChI=1S/C21H24ClF3O2/c1-20(2,16-4-8-18(9-5-16)26-13-3-12-22)17-6-10-19(11-7-17)27-15-21(24,25)14-23/h4-11H,3,12-15H2,1-2H3. The summed E-state index contributed by atoms with van der Waals surface area (Å²) in [4.78, 5) is 0. The molecule has 0 aliphatic rings. The Morgan fingerprint density at radius 3 is 1.78 bits per heavy atom. The summed E-state index contributed by atoms with van der Waals surface area (Å²) < 4.78 is 48.6. The summed E-state index contributed by atoms with van der Waals surface area (Å²) in [6.45, 7) is 2.02. The van der Waals surface area contributed by atoms with Crippen LogP contribution in [-0.2, 0) is 5.41 Å². The Morgan fingerprint density at radius 2 is 1.33 bits per heavy atom. The average Bonchev–Trinajstić information content (AvgIpc) is 2.67. The van der Waals surface area contributed by atoms with E-state index in [0.717, 1.165) is 23.3 Å². The molecular formula is C21H24ClF3O2. The van der Waals surface area contributed by atoms with Crippen LogP contribution < -0.4 is 9.47 Å². The average molecular weight is 401 g/mol. The molecule has 27 heavy (non-hydrogen) atoms. The first-order valence-electron chi connectivity index (χ1n) is 8.75.